The molecule has 8 heteroatoms. The summed E-state index contributed by atoms with van der Waals surface area (Å²) in [5.41, 5.74) is 2.27. The van der Waals surface area contributed by atoms with Gasteiger partial charge in [-0.3, -0.25) is 9.59 Å². The number of likely N-dealkylation sites (tertiary alicyclic amines) is 1. The smallest absolute Gasteiger partial charge is 0.309 e. The highest BCUT2D eigenvalue weighted by molar-refractivity contribution is 7.14. The predicted molar refractivity (Wildman–Crippen MR) is 121 cm³/mol. The molecule has 0 saturated carbocycles. The summed E-state index contributed by atoms with van der Waals surface area (Å²) in [4.78, 5) is 34.1. The van der Waals surface area contributed by atoms with Crippen LogP contribution in [0, 0.1) is 5.92 Å². The summed E-state index contributed by atoms with van der Waals surface area (Å²) in [7, 11) is 1.63. The first-order chi connectivity index (χ1) is 15.1. The van der Waals surface area contributed by atoms with Gasteiger partial charge in [0, 0.05) is 42.7 Å². The zero-order valence-corrected chi connectivity index (χ0v) is 19.0. The van der Waals surface area contributed by atoms with Crippen molar-refractivity contribution in [2.45, 2.75) is 32.6 Å². The molecule has 2 aliphatic rings. The average Bonchev–Trinajstić information content (AvgIpc) is 3.50. The molecule has 0 atom stereocenters. The van der Waals surface area contributed by atoms with E-state index < -0.39 is 0 Å². The Balaban J connectivity index is 1.50. The number of benzene rings is 1. The molecule has 0 bridgehead atoms. The summed E-state index contributed by atoms with van der Waals surface area (Å²) in [5.74, 6) is 0.408. The number of aromatic nitrogens is 1. The van der Waals surface area contributed by atoms with Crippen molar-refractivity contribution in [3.8, 4) is 17.0 Å². The topological polar surface area (TPSA) is 72.0 Å². The number of rotatable bonds is 6. The summed E-state index contributed by atoms with van der Waals surface area (Å²) in [6.45, 7) is 5.41. The summed E-state index contributed by atoms with van der Waals surface area (Å²) in [6, 6.07) is 5.51. The minimum Gasteiger partial charge on any atom is -0.496 e. The standard InChI is InChI=1S/C23H29N3O4S/c1-3-30-22(28)16-8-12-25(13-9-16)21(27)17-6-7-20(29-2)18(14-17)19-15-31-23(24-19)26-10-4-5-11-26/h6-7,14-16H,3-5,8-13H2,1-2H3. The number of piperidine rings is 1. The van der Waals surface area contributed by atoms with Crippen LogP contribution in [0.25, 0.3) is 11.3 Å². The Labute approximate surface area is 187 Å². The van der Waals surface area contributed by atoms with E-state index in [4.69, 9.17) is 14.5 Å². The number of ether oxygens (including phenoxy) is 2. The highest BCUT2D eigenvalue weighted by Gasteiger charge is 2.29. The van der Waals surface area contributed by atoms with E-state index in [9.17, 15) is 9.59 Å². The fraction of sp³-hybridized carbons (Fsp3) is 0.522. The molecule has 1 amide bonds. The van der Waals surface area contributed by atoms with Gasteiger partial charge >= 0.3 is 5.97 Å². The minimum absolute atomic E-state index is 0.0267. The van der Waals surface area contributed by atoms with Gasteiger partial charge in [0.2, 0.25) is 0 Å². The second-order valence-electron chi connectivity index (χ2n) is 7.94. The Morgan fingerprint density at radius 2 is 1.90 bits per heavy atom. The predicted octanol–water partition coefficient (Wildman–Crippen LogP) is 3.83. The van der Waals surface area contributed by atoms with Gasteiger partial charge in [-0.15, -0.1) is 11.3 Å². The van der Waals surface area contributed by atoms with E-state index in [1.165, 1.54) is 12.8 Å². The Kier molecular flexibility index (Phi) is 6.75. The minimum atomic E-state index is -0.154. The van der Waals surface area contributed by atoms with Crippen LogP contribution in [0.4, 0.5) is 5.13 Å². The zero-order chi connectivity index (χ0) is 21.8. The molecule has 2 fully saturated rings. The zero-order valence-electron chi connectivity index (χ0n) is 18.1. The fourth-order valence-corrected chi connectivity index (χ4v) is 5.12. The van der Waals surface area contributed by atoms with Crippen molar-refractivity contribution in [1.29, 1.82) is 0 Å². The number of esters is 1. The van der Waals surface area contributed by atoms with Crippen molar-refractivity contribution in [3.63, 3.8) is 0 Å². The van der Waals surface area contributed by atoms with Crippen molar-refractivity contribution in [2.75, 3.05) is 44.8 Å². The van der Waals surface area contributed by atoms with E-state index in [2.05, 4.69) is 4.90 Å². The molecule has 0 spiro atoms. The first kappa shape index (κ1) is 21.6. The van der Waals surface area contributed by atoms with Crippen LogP contribution in [0.2, 0.25) is 0 Å². The second kappa shape index (κ2) is 9.68. The fourth-order valence-electron chi connectivity index (χ4n) is 4.24. The van der Waals surface area contributed by atoms with Crippen LogP contribution in [0.15, 0.2) is 23.6 Å². The summed E-state index contributed by atoms with van der Waals surface area (Å²) in [5, 5.41) is 3.05. The number of methoxy groups -OCH3 is 1. The van der Waals surface area contributed by atoms with Gasteiger partial charge in [0.05, 0.1) is 25.3 Å². The molecule has 1 aromatic carbocycles. The van der Waals surface area contributed by atoms with Crippen molar-refractivity contribution < 1.29 is 19.1 Å². The van der Waals surface area contributed by atoms with Crippen LogP contribution in [0.1, 0.15) is 43.0 Å². The highest BCUT2D eigenvalue weighted by atomic mass is 32.1. The summed E-state index contributed by atoms with van der Waals surface area (Å²) >= 11 is 1.63. The van der Waals surface area contributed by atoms with Gasteiger partial charge in [-0.2, -0.15) is 0 Å². The average molecular weight is 444 g/mol. The molecule has 3 heterocycles. The van der Waals surface area contributed by atoms with Crippen LogP contribution in [0.3, 0.4) is 0 Å². The summed E-state index contributed by atoms with van der Waals surface area (Å²) in [6.07, 6.45) is 3.68. The molecule has 2 aromatic rings. The number of thiazole rings is 1. The Morgan fingerprint density at radius 3 is 2.58 bits per heavy atom. The lowest BCUT2D eigenvalue weighted by Crippen LogP contribution is -2.40. The lowest BCUT2D eigenvalue weighted by atomic mass is 9.96. The van der Waals surface area contributed by atoms with E-state index in [-0.39, 0.29) is 17.8 Å². The van der Waals surface area contributed by atoms with E-state index in [1.807, 2.05) is 29.3 Å². The normalized spacial score (nSPS) is 17.1. The molecule has 0 N–H and O–H groups in total. The van der Waals surface area contributed by atoms with Crippen molar-refractivity contribution in [2.24, 2.45) is 5.92 Å². The van der Waals surface area contributed by atoms with Gasteiger partial charge in [0.15, 0.2) is 5.13 Å². The van der Waals surface area contributed by atoms with E-state index in [0.29, 0.717) is 43.9 Å². The molecule has 166 valence electrons. The molecule has 0 radical (unpaired) electrons. The quantitative estimate of drug-likeness (QED) is 0.632. The number of hydrogen-bond donors (Lipinski definition) is 0. The third-order valence-corrected chi connectivity index (χ3v) is 6.89. The van der Waals surface area contributed by atoms with Gasteiger partial charge in [-0.05, 0) is 50.8 Å². The molecular formula is C23H29N3O4S. The maximum absolute atomic E-state index is 13.1. The van der Waals surface area contributed by atoms with E-state index >= 15 is 0 Å². The maximum atomic E-state index is 13.1. The van der Waals surface area contributed by atoms with Crippen LogP contribution >= 0.6 is 11.3 Å². The molecule has 31 heavy (non-hydrogen) atoms. The van der Waals surface area contributed by atoms with Gasteiger partial charge in [-0.25, -0.2) is 4.98 Å². The SMILES string of the molecule is CCOC(=O)C1CCN(C(=O)c2ccc(OC)c(-c3csc(N4CCCC4)n3)c2)CC1. The molecule has 7 nitrogen and oxygen atoms in total. The van der Waals surface area contributed by atoms with Gasteiger partial charge in [-0.1, -0.05) is 0 Å². The van der Waals surface area contributed by atoms with Crippen molar-refractivity contribution in [3.05, 3.63) is 29.1 Å². The van der Waals surface area contributed by atoms with Gasteiger partial charge in [0.25, 0.3) is 5.91 Å². The number of carbonyl (C=O) groups is 2. The molecule has 2 aliphatic heterocycles. The number of hydrogen-bond acceptors (Lipinski definition) is 7. The van der Waals surface area contributed by atoms with Crippen LogP contribution < -0.4 is 9.64 Å². The summed E-state index contributed by atoms with van der Waals surface area (Å²) < 4.78 is 10.7. The molecule has 4 rings (SSSR count). The lowest BCUT2D eigenvalue weighted by molar-refractivity contribution is -0.149. The number of carbonyl (C=O) groups excluding carboxylic acids is 2. The monoisotopic (exact) mass is 443 g/mol. The number of nitrogens with zero attached hydrogens (tertiary/aromatic N) is 3. The second-order valence-corrected chi connectivity index (χ2v) is 8.78. The highest BCUT2D eigenvalue weighted by Crippen LogP contribution is 2.35. The van der Waals surface area contributed by atoms with Crippen molar-refractivity contribution in [1.82, 2.24) is 9.88 Å². The number of anilines is 1. The molecular weight excluding hydrogens is 414 g/mol. The number of amides is 1. The Morgan fingerprint density at radius 1 is 1.16 bits per heavy atom. The van der Waals surface area contributed by atoms with E-state index in [0.717, 1.165) is 29.5 Å². The van der Waals surface area contributed by atoms with Gasteiger partial charge < -0.3 is 19.3 Å². The molecule has 0 aliphatic carbocycles. The largest absolute Gasteiger partial charge is 0.496 e. The van der Waals surface area contributed by atoms with Crippen molar-refractivity contribution >= 4 is 28.3 Å². The third-order valence-electron chi connectivity index (χ3n) is 5.99. The van der Waals surface area contributed by atoms with Gasteiger partial charge in [0.1, 0.15) is 5.75 Å². The Hall–Kier alpha value is -2.61. The molecule has 2 saturated heterocycles. The van der Waals surface area contributed by atoms with Crippen LogP contribution in [-0.4, -0.2) is 61.7 Å². The first-order valence-corrected chi connectivity index (χ1v) is 11.8. The Bertz CT molecular complexity index is 931. The van der Waals surface area contributed by atoms with Crippen LogP contribution in [0.5, 0.6) is 5.75 Å². The molecule has 0 unspecified atom stereocenters. The molecule has 1 aromatic heterocycles. The lowest BCUT2D eigenvalue weighted by Gasteiger charge is -2.31. The maximum Gasteiger partial charge on any atom is 0.309 e. The van der Waals surface area contributed by atoms with E-state index in [1.54, 1.807) is 24.5 Å². The van der Waals surface area contributed by atoms with Crippen LogP contribution in [-0.2, 0) is 9.53 Å². The first-order valence-electron chi connectivity index (χ1n) is 11.0. The third kappa shape index (κ3) is 4.69.